The Kier molecular flexibility index (Phi) is 9.91. The zero-order valence-electron chi connectivity index (χ0n) is 13.6. The normalized spacial score (nSPS) is 15.4. The Labute approximate surface area is 129 Å². The average Bonchev–Trinajstić information content (AvgIpc) is 2.36. The summed E-state index contributed by atoms with van der Waals surface area (Å²) in [6.45, 7) is 11.9. The summed E-state index contributed by atoms with van der Waals surface area (Å²) in [5.41, 5.74) is 1.23. The van der Waals surface area contributed by atoms with Crippen molar-refractivity contribution < 1.29 is 4.79 Å². The Morgan fingerprint density at radius 3 is 2.45 bits per heavy atom. The molecule has 1 N–H and O–H groups in total. The maximum atomic E-state index is 11.6. The molecule has 0 spiro atoms. The second-order valence-corrected chi connectivity index (χ2v) is 7.67. The molecule has 0 aromatic rings. The van der Waals surface area contributed by atoms with Gasteiger partial charge in [0, 0.05) is 4.75 Å². The molecule has 0 aliphatic carbocycles. The fourth-order valence-corrected chi connectivity index (χ4v) is 4.25. The molecule has 0 aromatic carbocycles. The lowest BCUT2D eigenvalue weighted by molar-refractivity contribution is -0.116. The Balaban J connectivity index is 4.85. The molecule has 20 heavy (non-hydrogen) atoms. The number of thioether (sulfide) groups is 1. The number of Topliss-reactive ketones (excluding diaryl/α,β-unsaturated/α-hetero) is 1. The number of hydrogen-bond acceptors (Lipinski definition) is 3. The third-order valence-corrected chi connectivity index (χ3v) is 5.48. The molecule has 0 heterocycles. The van der Waals surface area contributed by atoms with Crippen molar-refractivity contribution in [2.45, 2.75) is 82.6 Å². The summed E-state index contributed by atoms with van der Waals surface area (Å²) in [4.78, 5) is 11.6. The van der Waals surface area contributed by atoms with Gasteiger partial charge in [0.15, 0.2) is 0 Å². The standard InChI is InChI=1S/C17H31NOS/c1-6-10-17(12-8-13-18,11-7-9-14(2)3)20-16(5)15(4)19/h13,16,18H,2,6-12H2,1,3-5H3/t16-,17?/m0/s1. The van der Waals surface area contributed by atoms with Crippen molar-refractivity contribution in [3.8, 4) is 0 Å². The van der Waals surface area contributed by atoms with Gasteiger partial charge in [0.1, 0.15) is 5.78 Å². The van der Waals surface area contributed by atoms with Gasteiger partial charge in [0.2, 0.25) is 0 Å². The van der Waals surface area contributed by atoms with E-state index in [0.29, 0.717) is 0 Å². The van der Waals surface area contributed by atoms with Gasteiger partial charge < -0.3 is 5.41 Å². The second-order valence-electron chi connectivity index (χ2n) is 5.86. The van der Waals surface area contributed by atoms with Crippen molar-refractivity contribution in [3.63, 3.8) is 0 Å². The van der Waals surface area contributed by atoms with Crippen LogP contribution < -0.4 is 0 Å². The summed E-state index contributed by atoms with van der Waals surface area (Å²) in [5.74, 6) is 0.255. The zero-order valence-corrected chi connectivity index (χ0v) is 14.4. The summed E-state index contributed by atoms with van der Waals surface area (Å²) < 4.78 is 0.146. The maximum Gasteiger partial charge on any atom is 0.142 e. The number of nitrogens with one attached hydrogen (secondary N) is 1. The third-order valence-electron chi connectivity index (χ3n) is 3.69. The summed E-state index contributed by atoms with van der Waals surface area (Å²) in [6, 6.07) is 0. The minimum atomic E-state index is 0.0529. The highest BCUT2D eigenvalue weighted by atomic mass is 32.2. The largest absolute Gasteiger partial charge is 0.313 e. The minimum absolute atomic E-state index is 0.0529. The molecule has 0 saturated heterocycles. The van der Waals surface area contributed by atoms with Crippen LogP contribution in [0.15, 0.2) is 12.2 Å². The molecule has 0 aromatic heterocycles. The summed E-state index contributed by atoms with van der Waals surface area (Å²) in [7, 11) is 0. The van der Waals surface area contributed by atoms with Gasteiger partial charge in [-0.1, -0.05) is 18.9 Å². The molecule has 2 atom stereocenters. The van der Waals surface area contributed by atoms with Crippen LogP contribution in [0.25, 0.3) is 0 Å². The second kappa shape index (κ2) is 10.2. The molecular formula is C17H31NOS. The van der Waals surface area contributed by atoms with E-state index in [1.165, 1.54) is 11.8 Å². The number of allylic oxidation sites excluding steroid dienone is 1. The molecule has 0 aliphatic heterocycles. The minimum Gasteiger partial charge on any atom is -0.313 e. The fourth-order valence-electron chi connectivity index (χ4n) is 2.51. The van der Waals surface area contributed by atoms with Gasteiger partial charge in [0.05, 0.1) is 5.25 Å². The van der Waals surface area contributed by atoms with Crippen LogP contribution in [-0.2, 0) is 4.79 Å². The van der Waals surface area contributed by atoms with Crippen LogP contribution in [0, 0.1) is 5.41 Å². The number of hydrogen-bond donors (Lipinski definition) is 1. The molecule has 0 radical (unpaired) electrons. The SMILES string of the molecule is C=C(C)CCCC(CCC)(CCC=N)S[C@@H](C)C(C)=O. The molecular weight excluding hydrogens is 266 g/mol. The average molecular weight is 298 g/mol. The van der Waals surface area contributed by atoms with E-state index in [0.717, 1.165) is 44.9 Å². The van der Waals surface area contributed by atoms with E-state index in [-0.39, 0.29) is 15.8 Å². The lowest BCUT2D eigenvalue weighted by Crippen LogP contribution is -2.29. The van der Waals surface area contributed by atoms with E-state index in [1.54, 1.807) is 6.92 Å². The van der Waals surface area contributed by atoms with Gasteiger partial charge in [-0.05, 0) is 65.5 Å². The van der Waals surface area contributed by atoms with E-state index in [4.69, 9.17) is 5.41 Å². The smallest absolute Gasteiger partial charge is 0.142 e. The predicted octanol–water partition coefficient (Wildman–Crippen LogP) is 5.41. The Morgan fingerprint density at radius 1 is 1.35 bits per heavy atom. The molecule has 0 rings (SSSR count). The first kappa shape index (κ1) is 19.4. The van der Waals surface area contributed by atoms with Gasteiger partial charge in [-0.15, -0.1) is 18.3 Å². The highest BCUT2D eigenvalue weighted by Crippen LogP contribution is 2.42. The van der Waals surface area contributed by atoms with Crippen LogP contribution in [0.4, 0.5) is 0 Å². The van der Waals surface area contributed by atoms with Crippen LogP contribution in [-0.4, -0.2) is 22.0 Å². The van der Waals surface area contributed by atoms with Gasteiger partial charge in [0.25, 0.3) is 0 Å². The monoisotopic (exact) mass is 297 g/mol. The molecule has 116 valence electrons. The lowest BCUT2D eigenvalue weighted by atomic mass is 9.90. The summed E-state index contributed by atoms with van der Waals surface area (Å²) >= 11 is 1.83. The molecule has 2 nitrogen and oxygen atoms in total. The zero-order chi connectivity index (χ0) is 15.6. The van der Waals surface area contributed by atoms with Gasteiger partial charge >= 0.3 is 0 Å². The van der Waals surface area contributed by atoms with E-state index < -0.39 is 0 Å². The number of carbonyl (C=O) groups excluding carboxylic acids is 1. The number of carbonyl (C=O) groups is 1. The summed E-state index contributed by atoms with van der Waals surface area (Å²) in [6.07, 6.45) is 8.87. The topological polar surface area (TPSA) is 40.9 Å². The van der Waals surface area contributed by atoms with Crippen molar-refractivity contribution in [2.24, 2.45) is 0 Å². The van der Waals surface area contributed by atoms with Crippen molar-refractivity contribution in [1.82, 2.24) is 0 Å². The molecule has 0 aliphatic rings. The molecule has 0 saturated carbocycles. The van der Waals surface area contributed by atoms with E-state index in [9.17, 15) is 4.79 Å². The lowest BCUT2D eigenvalue weighted by Gasteiger charge is -2.35. The first-order chi connectivity index (χ1) is 9.37. The highest BCUT2D eigenvalue weighted by Gasteiger charge is 2.32. The number of rotatable bonds is 12. The van der Waals surface area contributed by atoms with Crippen molar-refractivity contribution in [2.75, 3.05) is 0 Å². The van der Waals surface area contributed by atoms with Crippen molar-refractivity contribution in [3.05, 3.63) is 12.2 Å². The van der Waals surface area contributed by atoms with Crippen LogP contribution in [0.3, 0.4) is 0 Å². The molecule has 3 heteroatoms. The molecule has 0 bridgehead atoms. The summed E-state index contributed by atoms with van der Waals surface area (Å²) in [5, 5.41) is 7.36. The Bertz CT molecular complexity index is 327. The Hall–Kier alpha value is -0.570. The predicted molar refractivity (Wildman–Crippen MR) is 92.1 cm³/mol. The maximum absolute atomic E-state index is 11.6. The third kappa shape index (κ3) is 7.88. The van der Waals surface area contributed by atoms with Gasteiger partial charge in [-0.3, -0.25) is 4.79 Å². The van der Waals surface area contributed by atoms with Crippen LogP contribution in [0.1, 0.15) is 72.6 Å². The van der Waals surface area contributed by atoms with Crippen LogP contribution in [0.5, 0.6) is 0 Å². The molecule has 0 fully saturated rings. The van der Waals surface area contributed by atoms with E-state index in [1.807, 2.05) is 18.7 Å². The fraction of sp³-hybridized carbons (Fsp3) is 0.765. The number of ketones is 1. The first-order valence-corrected chi connectivity index (χ1v) is 8.56. The Morgan fingerprint density at radius 2 is 2.00 bits per heavy atom. The van der Waals surface area contributed by atoms with Crippen LogP contribution >= 0.6 is 11.8 Å². The van der Waals surface area contributed by atoms with Gasteiger partial charge in [-0.25, -0.2) is 0 Å². The van der Waals surface area contributed by atoms with Crippen molar-refractivity contribution >= 4 is 23.8 Å². The van der Waals surface area contributed by atoms with Crippen molar-refractivity contribution in [1.29, 1.82) is 5.41 Å². The molecule has 1 unspecified atom stereocenters. The van der Waals surface area contributed by atoms with E-state index in [2.05, 4.69) is 20.4 Å². The van der Waals surface area contributed by atoms with Gasteiger partial charge in [-0.2, -0.15) is 0 Å². The molecule has 0 amide bonds. The van der Waals surface area contributed by atoms with Crippen LogP contribution in [0.2, 0.25) is 0 Å². The highest BCUT2D eigenvalue weighted by molar-refractivity contribution is 8.01. The quantitative estimate of drug-likeness (QED) is 0.386. The van der Waals surface area contributed by atoms with E-state index >= 15 is 0 Å². The first-order valence-electron chi connectivity index (χ1n) is 7.68.